The Morgan fingerprint density at radius 3 is 2.32 bits per heavy atom. The van der Waals surface area contributed by atoms with Crippen LogP contribution in [-0.4, -0.2) is 33.4 Å². The minimum Gasteiger partial charge on any atom is -0.508 e. The number of Topliss-reactive ketones (excluding diaryl/α,β-unsaturated/α-hetero) is 1. The van der Waals surface area contributed by atoms with Gasteiger partial charge in [0.25, 0.3) is 0 Å². The van der Waals surface area contributed by atoms with Crippen molar-refractivity contribution in [3.05, 3.63) is 22.8 Å². The predicted octanol–water partition coefficient (Wildman–Crippen LogP) is 1.05. The fourth-order valence-electron chi connectivity index (χ4n) is 1.81. The van der Waals surface area contributed by atoms with Crippen molar-refractivity contribution < 1.29 is 29.7 Å². The quantitative estimate of drug-likeness (QED) is 0.542. The summed E-state index contributed by atoms with van der Waals surface area (Å²) in [5.41, 5.74) is -0.0935. The number of hydrogen-bond donors (Lipinski definition) is 3. The zero-order valence-electron chi connectivity index (χ0n) is 10.5. The Labute approximate surface area is 109 Å². The van der Waals surface area contributed by atoms with Gasteiger partial charge >= 0.3 is 5.97 Å². The molecule has 0 aliphatic carbocycles. The van der Waals surface area contributed by atoms with Crippen LogP contribution in [-0.2, 0) is 16.0 Å². The molecule has 0 heterocycles. The molecule has 0 aliphatic rings. The molecule has 6 heteroatoms. The molecule has 0 bridgehead atoms. The van der Waals surface area contributed by atoms with Gasteiger partial charge < -0.3 is 20.1 Å². The Kier molecular flexibility index (Phi) is 4.26. The number of carbonyl (C=O) groups excluding carboxylic acids is 2. The van der Waals surface area contributed by atoms with Crippen LogP contribution in [0.3, 0.4) is 0 Å². The highest BCUT2D eigenvalue weighted by atomic mass is 16.4. The molecule has 0 fully saturated rings. The van der Waals surface area contributed by atoms with Gasteiger partial charge in [-0.05, 0) is 31.4 Å². The summed E-state index contributed by atoms with van der Waals surface area (Å²) in [7, 11) is 0. The largest absolute Gasteiger partial charge is 0.508 e. The molecule has 3 N–H and O–H groups in total. The lowest BCUT2D eigenvalue weighted by Crippen LogP contribution is -2.18. The van der Waals surface area contributed by atoms with Gasteiger partial charge in [-0.15, -0.1) is 0 Å². The molecule has 0 saturated carbocycles. The average Bonchev–Trinajstić information content (AvgIpc) is 2.30. The fraction of sp³-hybridized carbons (Fsp3) is 0.308. The molecule has 0 aromatic heterocycles. The molecule has 0 aliphatic heterocycles. The van der Waals surface area contributed by atoms with Crippen molar-refractivity contribution in [2.45, 2.75) is 20.3 Å². The third kappa shape index (κ3) is 2.90. The van der Waals surface area contributed by atoms with Gasteiger partial charge in [-0.3, -0.25) is 4.79 Å². The standard InChI is InChI=1S/C13H14O6/c1-6-9(3-8(5-14)7(2)15)12(13(18)19)11(17)4-10(6)16/h4-5,8,16-17H,3H2,1-2H3,(H,18,19). The highest BCUT2D eigenvalue weighted by Crippen LogP contribution is 2.33. The molecule has 19 heavy (non-hydrogen) atoms. The van der Waals surface area contributed by atoms with E-state index in [-0.39, 0.29) is 23.3 Å². The van der Waals surface area contributed by atoms with E-state index < -0.39 is 29.0 Å². The molecular weight excluding hydrogens is 252 g/mol. The van der Waals surface area contributed by atoms with Gasteiger partial charge in [-0.25, -0.2) is 4.79 Å². The van der Waals surface area contributed by atoms with Gasteiger partial charge in [-0.2, -0.15) is 0 Å². The van der Waals surface area contributed by atoms with Crippen molar-refractivity contribution in [1.29, 1.82) is 0 Å². The van der Waals surface area contributed by atoms with Crippen LogP contribution < -0.4 is 0 Å². The Morgan fingerprint density at radius 2 is 1.89 bits per heavy atom. The van der Waals surface area contributed by atoms with E-state index >= 15 is 0 Å². The second-order valence-corrected chi connectivity index (χ2v) is 4.26. The summed E-state index contributed by atoms with van der Waals surface area (Å²) in [4.78, 5) is 33.2. The normalized spacial score (nSPS) is 11.9. The number of aromatic carboxylic acids is 1. The van der Waals surface area contributed by atoms with E-state index in [0.717, 1.165) is 6.07 Å². The minimum atomic E-state index is -1.39. The molecule has 6 nitrogen and oxygen atoms in total. The van der Waals surface area contributed by atoms with Crippen LogP contribution in [0.1, 0.15) is 28.4 Å². The van der Waals surface area contributed by atoms with Gasteiger partial charge in [0.15, 0.2) is 0 Å². The van der Waals surface area contributed by atoms with E-state index in [1.807, 2.05) is 0 Å². The molecule has 0 radical (unpaired) electrons. The maximum Gasteiger partial charge on any atom is 0.339 e. The number of ketones is 1. The van der Waals surface area contributed by atoms with Crippen LogP contribution in [0.15, 0.2) is 6.07 Å². The summed E-state index contributed by atoms with van der Waals surface area (Å²) >= 11 is 0. The first-order valence-electron chi connectivity index (χ1n) is 5.53. The molecule has 0 saturated heterocycles. The lowest BCUT2D eigenvalue weighted by molar-refractivity contribution is -0.125. The van der Waals surface area contributed by atoms with Crippen molar-refractivity contribution in [3.63, 3.8) is 0 Å². The summed E-state index contributed by atoms with van der Waals surface area (Å²) in [5.74, 6) is -3.68. The van der Waals surface area contributed by atoms with Crippen LogP contribution in [0.2, 0.25) is 0 Å². The zero-order chi connectivity index (χ0) is 14.7. The van der Waals surface area contributed by atoms with Crippen molar-refractivity contribution >= 4 is 18.0 Å². The number of phenols is 2. The highest BCUT2D eigenvalue weighted by Gasteiger charge is 2.24. The first-order chi connectivity index (χ1) is 8.79. The Hall–Kier alpha value is -2.37. The van der Waals surface area contributed by atoms with Gasteiger partial charge in [-0.1, -0.05) is 0 Å². The van der Waals surface area contributed by atoms with E-state index in [0.29, 0.717) is 6.29 Å². The molecule has 1 aromatic rings. The third-order valence-electron chi connectivity index (χ3n) is 2.99. The number of hydrogen-bond acceptors (Lipinski definition) is 5. The zero-order valence-corrected chi connectivity index (χ0v) is 10.5. The van der Waals surface area contributed by atoms with Crippen molar-refractivity contribution in [1.82, 2.24) is 0 Å². The molecular formula is C13H14O6. The van der Waals surface area contributed by atoms with E-state index in [1.165, 1.54) is 13.8 Å². The Balaban J connectivity index is 3.43. The van der Waals surface area contributed by atoms with E-state index in [4.69, 9.17) is 5.11 Å². The number of rotatable bonds is 5. The minimum absolute atomic E-state index is 0.0808. The highest BCUT2D eigenvalue weighted by molar-refractivity contribution is 5.95. The number of phenolic OH excluding ortho intramolecular Hbond substituents is 1. The SMILES string of the molecule is CC(=O)C(C=O)Cc1c(C)c(O)cc(O)c1C(=O)O. The van der Waals surface area contributed by atoms with Gasteiger partial charge in [0.2, 0.25) is 0 Å². The molecule has 0 amide bonds. The fourth-order valence-corrected chi connectivity index (χ4v) is 1.81. The lowest BCUT2D eigenvalue weighted by Gasteiger charge is -2.15. The molecule has 1 atom stereocenters. The smallest absolute Gasteiger partial charge is 0.339 e. The predicted molar refractivity (Wildman–Crippen MR) is 65.4 cm³/mol. The summed E-state index contributed by atoms with van der Waals surface area (Å²) in [6, 6.07) is 0.923. The van der Waals surface area contributed by atoms with Crippen LogP contribution in [0.4, 0.5) is 0 Å². The van der Waals surface area contributed by atoms with Crippen molar-refractivity contribution in [2.24, 2.45) is 5.92 Å². The lowest BCUT2D eigenvalue weighted by atomic mass is 9.90. The average molecular weight is 266 g/mol. The number of carbonyl (C=O) groups is 3. The summed E-state index contributed by atoms with van der Waals surface area (Å²) in [6.45, 7) is 2.68. The maximum atomic E-state index is 11.2. The first-order valence-corrected chi connectivity index (χ1v) is 5.53. The van der Waals surface area contributed by atoms with E-state index in [1.54, 1.807) is 0 Å². The van der Waals surface area contributed by atoms with Crippen molar-refractivity contribution in [3.8, 4) is 11.5 Å². The number of carboxylic acids is 1. The molecule has 102 valence electrons. The van der Waals surface area contributed by atoms with Gasteiger partial charge in [0, 0.05) is 6.07 Å². The number of aromatic hydroxyl groups is 2. The molecule has 0 spiro atoms. The molecule has 1 unspecified atom stereocenters. The number of aldehydes is 1. The third-order valence-corrected chi connectivity index (χ3v) is 2.99. The van der Waals surface area contributed by atoms with E-state index in [9.17, 15) is 24.6 Å². The Bertz CT molecular complexity index is 547. The topological polar surface area (TPSA) is 112 Å². The van der Waals surface area contributed by atoms with E-state index in [2.05, 4.69) is 0 Å². The molecule has 1 aromatic carbocycles. The van der Waals surface area contributed by atoms with Crippen LogP contribution in [0.25, 0.3) is 0 Å². The summed E-state index contributed by atoms with van der Waals surface area (Å²) < 4.78 is 0. The monoisotopic (exact) mass is 266 g/mol. The maximum absolute atomic E-state index is 11.2. The first kappa shape index (κ1) is 14.7. The second kappa shape index (κ2) is 5.51. The summed E-state index contributed by atoms with van der Waals surface area (Å²) in [6.07, 6.45) is 0.253. The Morgan fingerprint density at radius 1 is 1.32 bits per heavy atom. The molecule has 1 rings (SSSR count). The van der Waals surface area contributed by atoms with Crippen LogP contribution in [0.5, 0.6) is 11.5 Å². The second-order valence-electron chi connectivity index (χ2n) is 4.26. The van der Waals surface area contributed by atoms with Crippen LogP contribution >= 0.6 is 0 Å². The van der Waals surface area contributed by atoms with Crippen molar-refractivity contribution in [2.75, 3.05) is 0 Å². The van der Waals surface area contributed by atoms with Gasteiger partial charge in [0.05, 0.1) is 5.92 Å². The van der Waals surface area contributed by atoms with Crippen LogP contribution in [0, 0.1) is 12.8 Å². The number of benzene rings is 1. The summed E-state index contributed by atoms with van der Waals surface area (Å²) in [5, 5.41) is 28.2. The van der Waals surface area contributed by atoms with Gasteiger partial charge in [0.1, 0.15) is 29.1 Å². The number of carboxylic acid groups (broad SMARTS) is 1.